The first kappa shape index (κ1) is 17.5. The van der Waals surface area contributed by atoms with Gasteiger partial charge in [-0.05, 0) is 30.2 Å². The average molecular weight is 316 g/mol. The second-order valence-electron chi connectivity index (χ2n) is 5.21. The predicted molar refractivity (Wildman–Crippen MR) is 76.8 cm³/mol. The van der Waals surface area contributed by atoms with Crippen molar-refractivity contribution in [2.24, 2.45) is 11.8 Å². The van der Waals surface area contributed by atoms with Gasteiger partial charge in [0.05, 0.1) is 12.0 Å². The molecule has 0 saturated heterocycles. The van der Waals surface area contributed by atoms with E-state index < -0.39 is 26.7 Å². The zero-order chi connectivity index (χ0) is 16.4. The third kappa shape index (κ3) is 2.89. The summed E-state index contributed by atoms with van der Waals surface area (Å²) in [5, 5.41) is 19.7. The number of aliphatic hydroxyl groups is 1. The molecule has 21 heavy (non-hydrogen) atoms. The molecule has 6 nitrogen and oxygen atoms in total. The molecule has 2 atom stereocenters. The molecule has 0 bridgehead atoms. The molecule has 0 saturated carbocycles. The zero-order valence-electron chi connectivity index (χ0n) is 12.4. The maximum absolute atomic E-state index is 12.6. The van der Waals surface area contributed by atoms with E-state index in [4.69, 9.17) is 4.74 Å². The van der Waals surface area contributed by atoms with Gasteiger partial charge in [0.25, 0.3) is 4.93 Å². The van der Waals surface area contributed by atoms with Gasteiger partial charge in [-0.3, -0.25) is 0 Å². The molecule has 0 fully saturated rings. The third-order valence-electron chi connectivity index (χ3n) is 3.70. The molecule has 7 heteroatoms. The lowest BCUT2D eigenvalue weighted by molar-refractivity contribution is -0.154. The van der Waals surface area contributed by atoms with E-state index in [9.17, 15) is 23.4 Å². The molecule has 1 aromatic carbocycles. The predicted octanol–water partition coefficient (Wildman–Crippen LogP) is 1.53. The maximum Gasteiger partial charge on any atom is 0.352 e. The minimum absolute atomic E-state index is 0.263. The van der Waals surface area contributed by atoms with Crippen LogP contribution in [-0.4, -0.2) is 36.6 Å². The van der Waals surface area contributed by atoms with Crippen LogP contribution in [0.1, 0.15) is 20.8 Å². The summed E-state index contributed by atoms with van der Waals surface area (Å²) in [5.74, 6) is -2.66. The molecule has 0 aliphatic rings. The maximum atomic E-state index is 12.6. The lowest BCUT2D eigenvalue weighted by Gasteiger charge is -2.31. The van der Waals surface area contributed by atoms with Crippen molar-refractivity contribution in [3.63, 3.8) is 0 Å². The lowest BCUT2D eigenvalue weighted by Crippen LogP contribution is -2.53. The number of carbonyl (C=O) groups is 1. The summed E-state index contributed by atoms with van der Waals surface area (Å²) in [4.78, 5) is 8.31. The number of rotatable bonds is 6. The summed E-state index contributed by atoms with van der Waals surface area (Å²) in [6.45, 7) is 4.71. The number of hydrogen-bond donors (Lipinski definition) is 2. The molecule has 0 amide bonds. The highest BCUT2D eigenvalue weighted by molar-refractivity contribution is 7.93. The molecule has 1 rings (SSSR count). The Labute approximate surface area is 124 Å². The molecule has 2 N–H and O–H groups in total. The number of hydrogen-bond acceptors (Lipinski definition) is 5. The molecule has 0 radical (unpaired) electrons. The van der Waals surface area contributed by atoms with Crippen molar-refractivity contribution in [2.45, 2.75) is 30.6 Å². The van der Waals surface area contributed by atoms with Gasteiger partial charge < -0.3 is 14.9 Å². The van der Waals surface area contributed by atoms with Crippen molar-refractivity contribution in [2.75, 3.05) is 7.11 Å². The molecular formula is C14H20O6S. The third-order valence-corrected chi connectivity index (χ3v) is 5.96. The zero-order valence-corrected chi connectivity index (χ0v) is 13.2. The van der Waals surface area contributed by atoms with Crippen LogP contribution in [0.15, 0.2) is 29.2 Å². The Bertz CT molecular complexity index is 605. The first-order chi connectivity index (χ1) is 9.58. The van der Waals surface area contributed by atoms with Gasteiger partial charge in [0, 0.05) is 5.92 Å². The fourth-order valence-corrected chi connectivity index (χ4v) is 3.79. The van der Waals surface area contributed by atoms with Crippen molar-refractivity contribution in [1.29, 1.82) is 0 Å². The monoisotopic (exact) mass is 316 g/mol. The SMILES string of the molecule is COc1ccc(S(=O)(=O)[C@](O)(C(=O)O)C(C)C(C)C)cc1. The Kier molecular flexibility index (Phi) is 5.01. The first-order valence-electron chi connectivity index (χ1n) is 6.43. The Morgan fingerprint density at radius 2 is 1.67 bits per heavy atom. The number of aliphatic carboxylic acids is 1. The summed E-state index contributed by atoms with van der Waals surface area (Å²) < 4.78 is 30.1. The van der Waals surface area contributed by atoms with E-state index in [1.807, 2.05) is 0 Å². The van der Waals surface area contributed by atoms with Gasteiger partial charge in [0.1, 0.15) is 5.75 Å². The van der Waals surface area contributed by atoms with E-state index in [2.05, 4.69) is 0 Å². The summed E-state index contributed by atoms with van der Waals surface area (Å²) in [7, 11) is -3.04. The number of methoxy groups -OCH3 is 1. The summed E-state index contributed by atoms with van der Waals surface area (Å²) in [5.41, 5.74) is 0. The normalized spacial score (nSPS) is 16.3. The second kappa shape index (κ2) is 6.03. The number of carboxylic acids is 1. The number of carboxylic acid groups (broad SMARTS) is 1. The number of ether oxygens (including phenoxy) is 1. The Morgan fingerprint density at radius 3 is 2.00 bits per heavy atom. The van der Waals surface area contributed by atoms with Crippen LogP contribution in [0.25, 0.3) is 0 Å². The molecule has 0 aliphatic carbocycles. The standard InChI is InChI=1S/C14H20O6S/c1-9(2)10(3)14(17,13(15)16)21(18,19)12-7-5-11(20-4)6-8-12/h5-10,17H,1-4H3,(H,15,16)/t10?,14-/m0/s1. The molecule has 0 aromatic heterocycles. The van der Waals surface area contributed by atoms with E-state index in [0.29, 0.717) is 5.75 Å². The van der Waals surface area contributed by atoms with Crippen LogP contribution in [0.2, 0.25) is 0 Å². The molecule has 1 unspecified atom stereocenters. The smallest absolute Gasteiger partial charge is 0.352 e. The van der Waals surface area contributed by atoms with Crippen molar-refractivity contribution in [1.82, 2.24) is 0 Å². The first-order valence-corrected chi connectivity index (χ1v) is 7.91. The van der Waals surface area contributed by atoms with Gasteiger partial charge in [0.2, 0.25) is 9.84 Å². The van der Waals surface area contributed by atoms with Gasteiger partial charge in [-0.25, -0.2) is 13.2 Å². The van der Waals surface area contributed by atoms with Crippen molar-refractivity contribution in [3.8, 4) is 5.75 Å². The van der Waals surface area contributed by atoms with Gasteiger partial charge in [-0.15, -0.1) is 0 Å². The van der Waals surface area contributed by atoms with E-state index in [0.717, 1.165) is 0 Å². The molecule has 1 aromatic rings. The molecule has 0 heterocycles. The average Bonchev–Trinajstić information content (AvgIpc) is 2.44. The highest BCUT2D eigenvalue weighted by Gasteiger charge is 2.55. The molecule has 0 spiro atoms. The molecule has 0 aliphatic heterocycles. The minimum atomic E-state index is -4.47. The Morgan fingerprint density at radius 1 is 1.19 bits per heavy atom. The van der Waals surface area contributed by atoms with Gasteiger partial charge in [-0.1, -0.05) is 20.8 Å². The highest BCUT2D eigenvalue weighted by atomic mass is 32.2. The van der Waals surface area contributed by atoms with Crippen LogP contribution < -0.4 is 4.74 Å². The largest absolute Gasteiger partial charge is 0.497 e. The van der Waals surface area contributed by atoms with E-state index >= 15 is 0 Å². The van der Waals surface area contributed by atoms with E-state index in [-0.39, 0.29) is 10.8 Å². The lowest BCUT2D eigenvalue weighted by atomic mass is 9.92. The topological polar surface area (TPSA) is 101 Å². The van der Waals surface area contributed by atoms with E-state index in [1.165, 1.54) is 38.3 Å². The fraction of sp³-hybridized carbons (Fsp3) is 0.500. The number of sulfone groups is 1. The van der Waals surface area contributed by atoms with Crippen LogP contribution in [-0.2, 0) is 14.6 Å². The van der Waals surface area contributed by atoms with Gasteiger partial charge >= 0.3 is 5.97 Å². The fourth-order valence-electron chi connectivity index (χ4n) is 1.94. The van der Waals surface area contributed by atoms with Crippen LogP contribution in [0.3, 0.4) is 0 Å². The van der Waals surface area contributed by atoms with Crippen LogP contribution >= 0.6 is 0 Å². The minimum Gasteiger partial charge on any atom is -0.497 e. The summed E-state index contributed by atoms with van der Waals surface area (Å²) >= 11 is 0. The van der Waals surface area contributed by atoms with Crippen LogP contribution in [0.5, 0.6) is 5.75 Å². The van der Waals surface area contributed by atoms with Crippen LogP contribution in [0.4, 0.5) is 0 Å². The van der Waals surface area contributed by atoms with Crippen molar-refractivity contribution in [3.05, 3.63) is 24.3 Å². The molecular weight excluding hydrogens is 296 g/mol. The summed E-state index contributed by atoms with van der Waals surface area (Å²) in [6, 6.07) is 5.23. The highest BCUT2D eigenvalue weighted by Crippen LogP contribution is 2.35. The summed E-state index contributed by atoms with van der Waals surface area (Å²) in [6.07, 6.45) is 0. The van der Waals surface area contributed by atoms with Crippen molar-refractivity contribution < 1.29 is 28.2 Å². The van der Waals surface area contributed by atoms with Crippen LogP contribution in [0, 0.1) is 11.8 Å². The van der Waals surface area contributed by atoms with Crippen molar-refractivity contribution >= 4 is 15.8 Å². The Balaban J connectivity index is 3.44. The van der Waals surface area contributed by atoms with Gasteiger partial charge in [0.15, 0.2) is 0 Å². The second-order valence-corrected chi connectivity index (χ2v) is 7.31. The van der Waals surface area contributed by atoms with E-state index in [1.54, 1.807) is 13.8 Å². The van der Waals surface area contributed by atoms with Gasteiger partial charge in [-0.2, -0.15) is 0 Å². The molecule has 118 valence electrons. The number of benzene rings is 1. The quantitative estimate of drug-likeness (QED) is 0.825. The Hall–Kier alpha value is -1.60.